The number of aryl methyl sites for hydroxylation is 1. The van der Waals surface area contributed by atoms with Crippen molar-refractivity contribution in [3.05, 3.63) is 111 Å². The van der Waals surface area contributed by atoms with E-state index in [4.69, 9.17) is 27.9 Å². The third kappa shape index (κ3) is 5.41. The average Bonchev–Trinajstić information content (AvgIpc) is 3.08. The second-order valence-corrected chi connectivity index (χ2v) is 8.64. The fraction of sp³-hybridized carbons (Fsp3) is 0.154. The molecule has 3 aromatic carbocycles. The minimum atomic E-state index is -0.400. The summed E-state index contributed by atoms with van der Waals surface area (Å²) in [5.74, 6) is 0.0131. The van der Waals surface area contributed by atoms with E-state index in [0.717, 1.165) is 5.56 Å². The molecule has 1 heterocycles. The van der Waals surface area contributed by atoms with Crippen molar-refractivity contribution in [2.45, 2.75) is 27.0 Å². The first-order valence-corrected chi connectivity index (χ1v) is 11.3. The van der Waals surface area contributed by atoms with Gasteiger partial charge in [-0.05, 0) is 67.9 Å². The molecule has 1 amide bonds. The number of hydrogen-bond donors (Lipinski definition) is 1. The maximum absolute atomic E-state index is 14.2. The Morgan fingerprint density at radius 2 is 1.79 bits per heavy atom. The Bertz CT molecular complexity index is 1320. The van der Waals surface area contributed by atoms with Crippen molar-refractivity contribution < 1.29 is 13.9 Å². The molecular weight excluding hydrogens is 476 g/mol. The molecule has 0 unspecified atom stereocenters. The maximum atomic E-state index is 14.2. The molecule has 4 rings (SSSR count). The summed E-state index contributed by atoms with van der Waals surface area (Å²) in [6, 6.07) is 18.8. The van der Waals surface area contributed by atoms with E-state index in [0.29, 0.717) is 50.6 Å². The van der Waals surface area contributed by atoms with Gasteiger partial charge in [0, 0.05) is 21.2 Å². The minimum Gasteiger partial charge on any atom is -0.489 e. The van der Waals surface area contributed by atoms with Crippen LogP contribution in [0.2, 0.25) is 10.0 Å². The Kier molecular flexibility index (Phi) is 7.20. The summed E-state index contributed by atoms with van der Waals surface area (Å²) in [4.78, 5) is 13.0. The molecular formula is C26H22Cl2FN3O2. The number of halogens is 3. The topological polar surface area (TPSA) is 56.2 Å². The predicted octanol–water partition coefficient (Wildman–Crippen LogP) is 6.83. The molecule has 0 aliphatic heterocycles. The molecule has 0 saturated carbocycles. The molecule has 174 valence electrons. The van der Waals surface area contributed by atoms with E-state index in [2.05, 4.69) is 10.4 Å². The largest absolute Gasteiger partial charge is 0.489 e. The number of hydrogen-bond acceptors (Lipinski definition) is 3. The van der Waals surface area contributed by atoms with Gasteiger partial charge in [0.1, 0.15) is 18.2 Å². The number of aromatic nitrogens is 2. The second kappa shape index (κ2) is 10.3. The Balaban J connectivity index is 1.47. The SMILES string of the molecule is Cc1nn(Cc2c(F)cccc2Cl)c(C)c1NC(=O)c1cccc(COc2ccc(Cl)cc2)c1. The number of anilines is 1. The molecule has 8 heteroatoms. The van der Waals surface area contributed by atoms with Crippen LogP contribution in [0.25, 0.3) is 0 Å². The fourth-order valence-corrected chi connectivity index (χ4v) is 3.90. The number of nitrogens with zero attached hydrogens (tertiary/aromatic N) is 2. The highest BCUT2D eigenvalue weighted by atomic mass is 35.5. The Morgan fingerprint density at radius 3 is 2.53 bits per heavy atom. The smallest absolute Gasteiger partial charge is 0.255 e. The number of amides is 1. The fourth-order valence-electron chi connectivity index (χ4n) is 3.55. The first-order valence-electron chi connectivity index (χ1n) is 10.6. The van der Waals surface area contributed by atoms with Crippen molar-refractivity contribution >= 4 is 34.8 Å². The van der Waals surface area contributed by atoms with Gasteiger partial charge in [-0.3, -0.25) is 9.48 Å². The molecule has 1 N–H and O–H groups in total. The van der Waals surface area contributed by atoms with Crippen LogP contribution in [0.3, 0.4) is 0 Å². The van der Waals surface area contributed by atoms with E-state index in [1.165, 1.54) is 6.07 Å². The first kappa shape index (κ1) is 23.8. The van der Waals surface area contributed by atoms with Gasteiger partial charge >= 0.3 is 0 Å². The van der Waals surface area contributed by atoms with E-state index in [-0.39, 0.29) is 12.5 Å². The van der Waals surface area contributed by atoms with E-state index >= 15 is 0 Å². The highest BCUT2D eigenvalue weighted by molar-refractivity contribution is 6.31. The zero-order valence-corrected chi connectivity index (χ0v) is 20.1. The van der Waals surface area contributed by atoms with Crippen LogP contribution < -0.4 is 10.1 Å². The van der Waals surface area contributed by atoms with Crippen molar-refractivity contribution in [1.82, 2.24) is 9.78 Å². The highest BCUT2D eigenvalue weighted by Crippen LogP contribution is 2.25. The second-order valence-electron chi connectivity index (χ2n) is 7.80. The summed E-state index contributed by atoms with van der Waals surface area (Å²) < 4.78 is 21.6. The lowest BCUT2D eigenvalue weighted by atomic mass is 10.1. The number of carbonyl (C=O) groups excluding carboxylic acids is 1. The van der Waals surface area contributed by atoms with Gasteiger partial charge in [0.25, 0.3) is 5.91 Å². The Hall–Kier alpha value is -3.35. The number of benzene rings is 3. The standard InChI is InChI=1S/C26H22Cl2FN3O2/c1-16-25(17(2)32(31-16)14-22-23(28)7-4-8-24(22)29)30-26(33)19-6-3-5-18(13-19)15-34-21-11-9-20(27)10-12-21/h3-13H,14-15H2,1-2H3,(H,30,33). The summed E-state index contributed by atoms with van der Waals surface area (Å²) in [6.07, 6.45) is 0. The predicted molar refractivity (Wildman–Crippen MR) is 132 cm³/mol. The van der Waals surface area contributed by atoms with Gasteiger partial charge in [0.15, 0.2) is 0 Å². The molecule has 4 aromatic rings. The molecule has 0 spiro atoms. The lowest BCUT2D eigenvalue weighted by molar-refractivity contribution is 0.102. The van der Waals surface area contributed by atoms with Gasteiger partial charge < -0.3 is 10.1 Å². The number of rotatable bonds is 7. The molecule has 1 aromatic heterocycles. The summed E-state index contributed by atoms with van der Waals surface area (Å²) in [5, 5.41) is 8.37. The summed E-state index contributed by atoms with van der Waals surface area (Å²) >= 11 is 12.1. The summed E-state index contributed by atoms with van der Waals surface area (Å²) in [6.45, 7) is 4.08. The molecule has 0 radical (unpaired) electrons. The van der Waals surface area contributed by atoms with Crippen LogP contribution in [-0.2, 0) is 13.2 Å². The van der Waals surface area contributed by atoms with Crippen LogP contribution in [0, 0.1) is 19.7 Å². The van der Waals surface area contributed by atoms with E-state index in [9.17, 15) is 9.18 Å². The van der Waals surface area contributed by atoms with Crippen molar-refractivity contribution in [1.29, 1.82) is 0 Å². The molecule has 0 fully saturated rings. The van der Waals surface area contributed by atoms with Crippen LogP contribution in [0.5, 0.6) is 5.75 Å². The van der Waals surface area contributed by atoms with Gasteiger partial charge in [-0.25, -0.2) is 4.39 Å². The van der Waals surface area contributed by atoms with Crippen molar-refractivity contribution in [3.8, 4) is 5.75 Å². The van der Waals surface area contributed by atoms with E-state index in [1.54, 1.807) is 66.2 Å². The van der Waals surface area contributed by atoms with Crippen LogP contribution in [0.15, 0.2) is 66.7 Å². The minimum absolute atomic E-state index is 0.158. The first-order chi connectivity index (χ1) is 16.3. The molecule has 5 nitrogen and oxygen atoms in total. The molecule has 0 aliphatic carbocycles. The van der Waals surface area contributed by atoms with Crippen molar-refractivity contribution in [2.24, 2.45) is 0 Å². The monoisotopic (exact) mass is 497 g/mol. The van der Waals surface area contributed by atoms with Crippen molar-refractivity contribution in [2.75, 3.05) is 5.32 Å². The lowest BCUT2D eigenvalue weighted by Crippen LogP contribution is -2.14. The third-order valence-electron chi connectivity index (χ3n) is 5.40. The number of carbonyl (C=O) groups is 1. The Morgan fingerprint density at radius 1 is 1.06 bits per heavy atom. The molecule has 0 atom stereocenters. The zero-order valence-electron chi connectivity index (χ0n) is 18.6. The molecule has 34 heavy (non-hydrogen) atoms. The van der Waals surface area contributed by atoms with Crippen LogP contribution in [-0.4, -0.2) is 15.7 Å². The number of ether oxygens (including phenoxy) is 1. The average molecular weight is 498 g/mol. The van der Waals surface area contributed by atoms with Crippen molar-refractivity contribution in [3.63, 3.8) is 0 Å². The summed E-state index contributed by atoms with van der Waals surface area (Å²) in [7, 11) is 0. The zero-order chi connectivity index (χ0) is 24.2. The van der Waals surface area contributed by atoms with Gasteiger partial charge in [-0.2, -0.15) is 5.10 Å². The maximum Gasteiger partial charge on any atom is 0.255 e. The quantitative estimate of drug-likeness (QED) is 0.304. The van der Waals surface area contributed by atoms with Gasteiger partial charge in [-0.15, -0.1) is 0 Å². The van der Waals surface area contributed by atoms with Crippen LogP contribution in [0.1, 0.15) is 32.9 Å². The lowest BCUT2D eigenvalue weighted by Gasteiger charge is -2.10. The molecule has 0 aliphatic rings. The van der Waals surface area contributed by atoms with Gasteiger partial charge in [0.2, 0.25) is 0 Å². The van der Waals surface area contributed by atoms with Gasteiger partial charge in [-0.1, -0.05) is 41.4 Å². The van der Waals surface area contributed by atoms with Crippen LogP contribution in [0.4, 0.5) is 10.1 Å². The van der Waals surface area contributed by atoms with Crippen LogP contribution >= 0.6 is 23.2 Å². The third-order valence-corrected chi connectivity index (χ3v) is 6.00. The molecule has 0 saturated heterocycles. The number of nitrogens with one attached hydrogen (secondary N) is 1. The van der Waals surface area contributed by atoms with Gasteiger partial charge in [0.05, 0.1) is 23.6 Å². The van der Waals surface area contributed by atoms with E-state index in [1.807, 2.05) is 13.0 Å². The summed E-state index contributed by atoms with van der Waals surface area (Å²) in [5.41, 5.74) is 3.59. The molecule has 0 bridgehead atoms. The Labute approximate surface area is 207 Å². The highest BCUT2D eigenvalue weighted by Gasteiger charge is 2.17. The van der Waals surface area contributed by atoms with E-state index < -0.39 is 5.82 Å². The normalized spacial score (nSPS) is 10.9.